The molecule has 0 bridgehead atoms. The monoisotopic (exact) mass is 193 g/mol. The Hall–Kier alpha value is -1.06. The molecule has 1 aromatic heterocycles. The van der Waals surface area contributed by atoms with Crippen molar-refractivity contribution in [2.75, 3.05) is 6.54 Å². The van der Waals surface area contributed by atoms with Crippen LogP contribution in [0, 0.1) is 0 Å². The first kappa shape index (κ1) is 8.53. The number of hydrogen-bond acceptors (Lipinski definition) is 3. The average Bonchev–Trinajstić information content (AvgIpc) is 2.49. The summed E-state index contributed by atoms with van der Waals surface area (Å²) in [4.78, 5) is 0. The van der Waals surface area contributed by atoms with Gasteiger partial charge in [0.05, 0.1) is 0 Å². The Bertz CT molecular complexity index is 422. The maximum absolute atomic E-state index is 9.31. The van der Waals surface area contributed by atoms with E-state index in [9.17, 15) is 5.11 Å². The number of phenolic OH excluding ortho intramolecular Hbond substituents is 1. The van der Waals surface area contributed by atoms with Crippen LogP contribution in [0.5, 0.6) is 5.75 Å². The van der Waals surface area contributed by atoms with E-state index in [1.165, 1.54) is 10.3 Å². The fraction of sp³-hybridized carbons (Fsp3) is 0.200. The van der Waals surface area contributed by atoms with Crippen LogP contribution in [0.4, 0.5) is 0 Å². The molecule has 0 amide bonds. The lowest BCUT2D eigenvalue weighted by molar-refractivity contribution is 0.476. The number of hydrogen-bond donors (Lipinski definition) is 2. The van der Waals surface area contributed by atoms with Gasteiger partial charge < -0.3 is 10.8 Å². The van der Waals surface area contributed by atoms with Crippen LogP contribution >= 0.6 is 11.3 Å². The molecular weight excluding hydrogens is 182 g/mol. The minimum absolute atomic E-state index is 0.323. The summed E-state index contributed by atoms with van der Waals surface area (Å²) in [5, 5.41) is 12.6. The highest BCUT2D eigenvalue weighted by molar-refractivity contribution is 7.17. The van der Waals surface area contributed by atoms with Gasteiger partial charge in [0.15, 0.2) is 0 Å². The van der Waals surface area contributed by atoms with Gasteiger partial charge in [0.1, 0.15) is 5.75 Å². The van der Waals surface area contributed by atoms with Gasteiger partial charge in [0.2, 0.25) is 0 Å². The van der Waals surface area contributed by atoms with Crippen molar-refractivity contribution in [3.05, 3.63) is 29.1 Å². The molecule has 2 nitrogen and oxygen atoms in total. The van der Waals surface area contributed by atoms with Crippen LogP contribution in [0.3, 0.4) is 0 Å². The van der Waals surface area contributed by atoms with Gasteiger partial charge in [-0.15, -0.1) is 11.3 Å². The first-order valence-electron chi connectivity index (χ1n) is 4.20. The summed E-state index contributed by atoms with van der Waals surface area (Å²) in [6, 6.07) is 5.46. The van der Waals surface area contributed by atoms with E-state index in [1.807, 2.05) is 6.07 Å². The van der Waals surface area contributed by atoms with Gasteiger partial charge in [-0.05, 0) is 47.5 Å². The molecule has 2 rings (SSSR count). The van der Waals surface area contributed by atoms with E-state index in [1.54, 1.807) is 23.5 Å². The largest absolute Gasteiger partial charge is 0.508 e. The quantitative estimate of drug-likeness (QED) is 0.767. The molecular formula is C10H11NOS. The van der Waals surface area contributed by atoms with Gasteiger partial charge in [0.25, 0.3) is 0 Å². The summed E-state index contributed by atoms with van der Waals surface area (Å²) in [6.45, 7) is 0.654. The van der Waals surface area contributed by atoms with Gasteiger partial charge in [-0.1, -0.05) is 0 Å². The Morgan fingerprint density at radius 2 is 2.23 bits per heavy atom. The maximum atomic E-state index is 9.31. The molecule has 0 aliphatic carbocycles. The summed E-state index contributed by atoms with van der Waals surface area (Å²) in [5.41, 5.74) is 6.73. The fourth-order valence-electron chi connectivity index (χ4n) is 1.42. The summed E-state index contributed by atoms with van der Waals surface area (Å²) >= 11 is 1.70. The smallest absolute Gasteiger partial charge is 0.116 e. The predicted octanol–water partition coefficient (Wildman–Crippen LogP) is 2.11. The Kier molecular flexibility index (Phi) is 2.20. The first-order valence-corrected chi connectivity index (χ1v) is 5.08. The second-order valence-corrected chi connectivity index (χ2v) is 3.89. The molecule has 13 heavy (non-hydrogen) atoms. The summed E-state index contributed by atoms with van der Waals surface area (Å²) in [6.07, 6.45) is 0.878. The topological polar surface area (TPSA) is 46.2 Å². The van der Waals surface area contributed by atoms with Gasteiger partial charge in [-0.25, -0.2) is 0 Å². The molecule has 3 N–H and O–H groups in total. The van der Waals surface area contributed by atoms with Crippen molar-refractivity contribution < 1.29 is 5.11 Å². The van der Waals surface area contributed by atoms with Crippen molar-refractivity contribution >= 4 is 21.4 Å². The number of fused-ring (bicyclic) bond motifs is 1. The molecule has 68 valence electrons. The molecule has 0 aliphatic rings. The van der Waals surface area contributed by atoms with Crippen LogP contribution in [-0.2, 0) is 6.42 Å². The van der Waals surface area contributed by atoms with Crippen molar-refractivity contribution in [3.8, 4) is 5.75 Å². The number of thiophene rings is 1. The Morgan fingerprint density at radius 3 is 3.00 bits per heavy atom. The van der Waals surface area contributed by atoms with E-state index in [-0.39, 0.29) is 0 Å². The lowest BCUT2D eigenvalue weighted by Crippen LogP contribution is -2.01. The average molecular weight is 193 g/mol. The number of rotatable bonds is 2. The van der Waals surface area contributed by atoms with Crippen molar-refractivity contribution in [1.29, 1.82) is 0 Å². The molecule has 2 aromatic rings. The van der Waals surface area contributed by atoms with Crippen molar-refractivity contribution in [1.82, 2.24) is 0 Å². The van der Waals surface area contributed by atoms with Crippen molar-refractivity contribution in [3.63, 3.8) is 0 Å². The summed E-state index contributed by atoms with van der Waals surface area (Å²) in [7, 11) is 0. The number of nitrogens with two attached hydrogens (primary N) is 1. The molecule has 1 heterocycles. The van der Waals surface area contributed by atoms with Crippen LogP contribution in [0.1, 0.15) is 5.56 Å². The van der Waals surface area contributed by atoms with Crippen LogP contribution in [0.25, 0.3) is 10.1 Å². The third-order valence-electron chi connectivity index (χ3n) is 2.05. The maximum Gasteiger partial charge on any atom is 0.116 e. The van der Waals surface area contributed by atoms with Crippen molar-refractivity contribution in [2.24, 2.45) is 5.73 Å². The van der Waals surface area contributed by atoms with Gasteiger partial charge in [0, 0.05) is 4.70 Å². The predicted molar refractivity (Wildman–Crippen MR) is 56.2 cm³/mol. The SMILES string of the molecule is NCCc1csc2ccc(O)cc12. The van der Waals surface area contributed by atoms with Gasteiger partial charge >= 0.3 is 0 Å². The van der Waals surface area contributed by atoms with Crippen LogP contribution in [0.15, 0.2) is 23.6 Å². The second-order valence-electron chi connectivity index (χ2n) is 2.98. The number of benzene rings is 1. The van der Waals surface area contributed by atoms with E-state index in [0.29, 0.717) is 12.3 Å². The minimum Gasteiger partial charge on any atom is -0.508 e. The fourth-order valence-corrected chi connectivity index (χ4v) is 2.40. The number of aromatic hydroxyl groups is 1. The van der Waals surface area contributed by atoms with E-state index < -0.39 is 0 Å². The van der Waals surface area contributed by atoms with E-state index in [0.717, 1.165) is 11.8 Å². The standard InChI is InChI=1S/C10H11NOS/c11-4-3-7-6-13-10-2-1-8(12)5-9(7)10/h1-2,5-6,12H,3-4,11H2. The number of phenols is 1. The van der Waals surface area contributed by atoms with Crippen molar-refractivity contribution in [2.45, 2.75) is 6.42 Å². The third kappa shape index (κ3) is 1.53. The zero-order valence-corrected chi connectivity index (χ0v) is 7.97. The minimum atomic E-state index is 0.323. The molecule has 1 aromatic carbocycles. The van der Waals surface area contributed by atoms with E-state index in [4.69, 9.17) is 5.73 Å². The molecule has 3 heteroatoms. The van der Waals surface area contributed by atoms with E-state index >= 15 is 0 Å². The van der Waals surface area contributed by atoms with Crippen LogP contribution in [-0.4, -0.2) is 11.7 Å². The zero-order valence-electron chi connectivity index (χ0n) is 7.16. The third-order valence-corrected chi connectivity index (χ3v) is 3.06. The normalized spacial score (nSPS) is 10.8. The molecule has 0 spiro atoms. The molecule has 0 saturated heterocycles. The van der Waals surface area contributed by atoms with E-state index in [2.05, 4.69) is 5.38 Å². The Balaban J connectivity index is 2.58. The molecule has 0 aliphatic heterocycles. The van der Waals surface area contributed by atoms with Gasteiger partial charge in [-0.3, -0.25) is 0 Å². The van der Waals surface area contributed by atoms with Gasteiger partial charge in [-0.2, -0.15) is 0 Å². The highest BCUT2D eigenvalue weighted by atomic mass is 32.1. The second kappa shape index (κ2) is 3.36. The zero-order chi connectivity index (χ0) is 9.26. The lowest BCUT2D eigenvalue weighted by atomic mass is 10.1. The first-order chi connectivity index (χ1) is 6.31. The Morgan fingerprint density at radius 1 is 1.38 bits per heavy atom. The lowest BCUT2D eigenvalue weighted by Gasteiger charge is -1.96. The molecule has 0 unspecified atom stereocenters. The Labute approximate surface area is 80.6 Å². The molecule has 0 radical (unpaired) electrons. The summed E-state index contributed by atoms with van der Waals surface area (Å²) in [5.74, 6) is 0.323. The van der Waals surface area contributed by atoms with Crippen LogP contribution in [0.2, 0.25) is 0 Å². The highest BCUT2D eigenvalue weighted by Gasteiger charge is 2.03. The van der Waals surface area contributed by atoms with Crippen LogP contribution < -0.4 is 5.73 Å². The molecule has 0 fully saturated rings. The molecule has 0 saturated carbocycles. The highest BCUT2D eigenvalue weighted by Crippen LogP contribution is 2.29. The molecule has 0 atom stereocenters. The summed E-state index contributed by atoms with van der Waals surface area (Å²) < 4.78 is 1.21.